The van der Waals surface area contributed by atoms with Crippen molar-refractivity contribution in [1.29, 1.82) is 0 Å². The molecule has 4 nitrogen and oxygen atoms in total. The van der Waals surface area contributed by atoms with Gasteiger partial charge in [-0.15, -0.1) is 0 Å². The summed E-state index contributed by atoms with van der Waals surface area (Å²) in [6, 6.07) is 5.79. The Morgan fingerprint density at radius 2 is 2.06 bits per heavy atom. The number of para-hydroxylation sites is 1. The summed E-state index contributed by atoms with van der Waals surface area (Å²) in [6.45, 7) is 3.34. The van der Waals surface area contributed by atoms with Gasteiger partial charge < -0.3 is 14.8 Å². The molecule has 0 aliphatic rings. The van der Waals surface area contributed by atoms with Gasteiger partial charge in [-0.25, -0.2) is 0 Å². The van der Waals surface area contributed by atoms with Crippen molar-refractivity contribution in [2.24, 2.45) is 0 Å². The summed E-state index contributed by atoms with van der Waals surface area (Å²) in [5.74, 6) is 1.47. The van der Waals surface area contributed by atoms with Crippen LogP contribution in [-0.4, -0.2) is 36.5 Å². The van der Waals surface area contributed by atoms with Gasteiger partial charge in [0.1, 0.15) is 0 Å². The van der Waals surface area contributed by atoms with Crippen LogP contribution in [0.15, 0.2) is 18.2 Å². The third-order valence-corrected chi connectivity index (χ3v) is 4.10. The summed E-state index contributed by atoms with van der Waals surface area (Å²) in [7, 11) is 2.45. The fourth-order valence-corrected chi connectivity index (χ4v) is 1.97. The minimum absolute atomic E-state index is 0.140. The van der Waals surface area contributed by atoms with E-state index in [1.807, 2.05) is 25.1 Å². The second-order valence-electron chi connectivity index (χ2n) is 4.09. The molecule has 5 heteroatoms. The van der Waals surface area contributed by atoms with Crippen LogP contribution in [0.3, 0.4) is 0 Å². The molecular formula is C13H21NO3S. The van der Waals surface area contributed by atoms with E-state index >= 15 is 0 Å². The van der Waals surface area contributed by atoms with E-state index in [2.05, 4.69) is 5.32 Å². The van der Waals surface area contributed by atoms with E-state index in [1.54, 1.807) is 20.5 Å². The predicted molar refractivity (Wildman–Crippen MR) is 74.8 cm³/mol. The monoisotopic (exact) mass is 271 g/mol. The second-order valence-corrected chi connectivity index (χ2v) is 5.89. The van der Waals surface area contributed by atoms with Crippen molar-refractivity contribution in [3.8, 4) is 11.5 Å². The number of methoxy groups -OCH3 is 2. The molecule has 0 aliphatic heterocycles. The molecule has 1 N–H and O–H groups in total. The third kappa shape index (κ3) is 3.99. The van der Waals surface area contributed by atoms with Crippen LogP contribution >= 0.6 is 0 Å². The number of rotatable bonds is 7. The highest BCUT2D eigenvalue weighted by atomic mass is 32.2. The molecule has 0 saturated carbocycles. The first-order valence-corrected chi connectivity index (χ1v) is 7.45. The van der Waals surface area contributed by atoms with Crippen LogP contribution in [0.1, 0.15) is 12.5 Å². The van der Waals surface area contributed by atoms with Gasteiger partial charge in [-0.1, -0.05) is 12.1 Å². The topological polar surface area (TPSA) is 47.6 Å². The smallest absolute Gasteiger partial charge is 0.165 e. The average Bonchev–Trinajstić information content (AvgIpc) is 2.37. The lowest BCUT2D eigenvalue weighted by molar-refractivity contribution is 0.350. The van der Waals surface area contributed by atoms with E-state index in [9.17, 15) is 4.21 Å². The van der Waals surface area contributed by atoms with Crippen molar-refractivity contribution >= 4 is 10.8 Å². The Morgan fingerprint density at radius 1 is 1.33 bits per heavy atom. The number of ether oxygens (including phenoxy) is 2. The molecular weight excluding hydrogens is 250 g/mol. The molecule has 0 aromatic heterocycles. The molecule has 1 rings (SSSR count). The molecule has 0 amide bonds. The van der Waals surface area contributed by atoms with E-state index < -0.39 is 10.8 Å². The first-order valence-electron chi connectivity index (χ1n) is 5.83. The highest BCUT2D eigenvalue weighted by Crippen LogP contribution is 2.30. The molecule has 102 valence electrons. The number of benzene rings is 1. The number of nitrogens with one attached hydrogen (secondary N) is 1. The lowest BCUT2D eigenvalue weighted by atomic mass is 10.2. The molecule has 0 heterocycles. The van der Waals surface area contributed by atoms with Crippen molar-refractivity contribution in [2.75, 3.05) is 27.0 Å². The summed E-state index contributed by atoms with van der Waals surface area (Å²) in [5.41, 5.74) is 1.03. The zero-order chi connectivity index (χ0) is 13.5. The lowest BCUT2D eigenvalue weighted by Gasteiger charge is -2.14. The van der Waals surface area contributed by atoms with Crippen LogP contribution in [0.2, 0.25) is 0 Å². The van der Waals surface area contributed by atoms with Crippen LogP contribution < -0.4 is 14.8 Å². The van der Waals surface area contributed by atoms with Crippen LogP contribution in [-0.2, 0) is 17.3 Å². The Kier molecular flexibility index (Phi) is 6.15. The largest absolute Gasteiger partial charge is 0.493 e. The molecule has 2 atom stereocenters. The Bertz CT molecular complexity index is 409. The summed E-state index contributed by atoms with van der Waals surface area (Å²) >= 11 is 0. The van der Waals surface area contributed by atoms with Crippen LogP contribution in [0.25, 0.3) is 0 Å². The van der Waals surface area contributed by atoms with Gasteiger partial charge in [-0.3, -0.25) is 4.21 Å². The van der Waals surface area contributed by atoms with Gasteiger partial charge in [0.2, 0.25) is 0 Å². The molecule has 1 aromatic rings. The highest BCUT2D eigenvalue weighted by molar-refractivity contribution is 7.84. The predicted octanol–water partition coefficient (Wildman–Crippen LogP) is 1.56. The fraction of sp³-hybridized carbons (Fsp3) is 0.538. The lowest BCUT2D eigenvalue weighted by Crippen LogP contribution is -2.27. The zero-order valence-corrected chi connectivity index (χ0v) is 12.2. The molecule has 0 spiro atoms. The summed E-state index contributed by atoms with van der Waals surface area (Å²) in [4.78, 5) is 0. The maximum atomic E-state index is 11.2. The van der Waals surface area contributed by atoms with Crippen molar-refractivity contribution in [3.05, 3.63) is 23.8 Å². The fourth-order valence-electron chi connectivity index (χ4n) is 1.62. The second kappa shape index (κ2) is 7.38. The van der Waals surface area contributed by atoms with Gasteiger partial charge >= 0.3 is 0 Å². The van der Waals surface area contributed by atoms with Crippen molar-refractivity contribution < 1.29 is 13.7 Å². The van der Waals surface area contributed by atoms with Gasteiger partial charge in [0.05, 0.1) is 14.2 Å². The van der Waals surface area contributed by atoms with Crippen molar-refractivity contribution in [3.63, 3.8) is 0 Å². The highest BCUT2D eigenvalue weighted by Gasteiger charge is 2.10. The zero-order valence-electron chi connectivity index (χ0n) is 11.4. The van der Waals surface area contributed by atoms with Crippen LogP contribution in [0.4, 0.5) is 0 Å². The van der Waals surface area contributed by atoms with Gasteiger partial charge in [-0.05, 0) is 13.0 Å². The van der Waals surface area contributed by atoms with E-state index in [4.69, 9.17) is 9.47 Å². The van der Waals surface area contributed by atoms with E-state index in [0.29, 0.717) is 13.1 Å². The molecule has 18 heavy (non-hydrogen) atoms. The van der Waals surface area contributed by atoms with Crippen molar-refractivity contribution in [2.45, 2.75) is 18.7 Å². The van der Waals surface area contributed by atoms with Gasteiger partial charge in [0, 0.05) is 41.0 Å². The third-order valence-electron chi connectivity index (χ3n) is 2.80. The maximum Gasteiger partial charge on any atom is 0.165 e. The minimum Gasteiger partial charge on any atom is -0.493 e. The van der Waals surface area contributed by atoms with Crippen LogP contribution in [0, 0.1) is 0 Å². The summed E-state index contributed by atoms with van der Waals surface area (Å²) < 4.78 is 21.8. The quantitative estimate of drug-likeness (QED) is 0.817. The first-order chi connectivity index (χ1) is 8.60. The molecule has 0 bridgehead atoms. The van der Waals surface area contributed by atoms with E-state index in [-0.39, 0.29) is 5.25 Å². The van der Waals surface area contributed by atoms with Gasteiger partial charge in [0.15, 0.2) is 11.5 Å². The summed E-state index contributed by atoms with van der Waals surface area (Å²) in [6.07, 6.45) is 1.72. The Hall–Kier alpha value is -1.07. The van der Waals surface area contributed by atoms with E-state index in [0.717, 1.165) is 17.1 Å². The Labute approximate surface area is 111 Å². The minimum atomic E-state index is -0.800. The van der Waals surface area contributed by atoms with Crippen LogP contribution in [0.5, 0.6) is 11.5 Å². The SMILES string of the molecule is COc1cccc(CNCC(C)S(C)=O)c1OC. The number of hydrogen-bond acceptors (Lipinski definition) is 4. The van der Waals surface area contributed by atoms with E-state index in [1.165, 1.54) is 0 Å². The average molecular weight is 271 g/mol. The molecule has 0 aliphatic carbocycles. The Morgan fingerprint density at radius 3 is 2.61 bits per heavy atom. The first kappa shape index (κ1) is 15.0. The molecule has 0 radical (unpaired) electrons. The molecule has 2 unspecified atom stereocenters. The Balaban J connectivity index is 2.64. The normalized spacial score (nSPS) is 14.0. The van der Waals surface area contributed by atoms with Crippen molar-refractivity contribution in [1.82, 2.24) is 5.32 Å². The number of hydrogen-bond donors (Lipinski definition) is 1. The maximum absolute atomic E-state index is 11.2. The standard InChI is InChI=1S/C13H21NO3S/c1-10(18(4)15)8-14-9-11-6-5-7-12(16-2)13(11)17-3/h5-7,10,14H,8-9H2,1-4H3. The molecule has 1 aromatic carbocycles. The molecule has 0 saturated heterocycles. The molecule has 0 fully saturated rings. The van der Waals surface area contributed by atoms with Gasteiger partial charge in [-0.2, -0.15) is 0 Å². The van der Waals surface area contributed by atoms with Gasteiger partial charge in [0.25, 0.3) is 0 Å². The summed E-state index contributed by atoms with van der Waals surface area (Å²) in [5, 5.41) is 3.42.